The van der Waals surface area contributed by atoms with Gasteiger partial charge >= 0.3 is 0 Å². The first-order valence-electron chi connectivity index (χ1n) is 5.99. The average molecular weight is 242 g/mol. The fourth-order valence-corrected chi connectivity index (χ4v) is 2.10. The molecule has 18 heavy (non-hydrogen) atoms. The van der Waals surface area contributed by atoms with Crippen molar-refractivity contribution in [3.63, 3.8) is 0 Å². The minimum Gasteiger partial charge on any atom is -0.271 e. The monoisotopic (exact) mass is 242 g/mol. The molecule has 4 nitrogen and oxygen atoms in total. The number of rotatable bonds is 4. The van der Waals surface area contributed by atoms with Crippen molar-refractivity contribution in [1.82, 2.24) is 15.4 Å². The average Bonchev–Trinajstić information content (AvgIpc) is 2.36. The van der Waals surface area contributed by atoms with E-state index in [0.717, 1.165) is 17.8 Å². The summed E-state index contributed by atoms with van der Waals surface area (Å²) in [5, 5.41) is 0. The quantitative estimate of drug-likeness (QED) is 0.634. The van der Waals surface area contributed by atoms with Gasteiger partial charge in [-0.05, 0) is 55.7 Å². The highest BCUT2D eigenvalue weighted by molar-refractivity contribution is 5.25. The zero-order valence-corrected chi connectivity index (χ0v) is 10.7. The van der Waals surface area contributed by atoms with Gasteiger partial charge in [-0.1, -0.05) is 0 Å². The molecule has 2 heterocycles. The summed E-state index contributed by atoms with van der Waals surface area (Å²) in [7, 11) is 0. The third-order valence-electron chi connectivity index (χ3n) is 2.90. The summed E-state index contributed by atoms with van der Waals surface area (Å²) in [6.45, 7) is 3.99. The van der Waals surface area contributed by atoms with Crippen LogP contribution < -0.4 is 11.3 Å². The Morgan fingerprint density at radius 2 is 1.78 bits per heavy atom. The zero-order valence-electron chi connectivity index (χ0n) is 10.7. The number of hydrazine groups is 1. The summed E-state index contributed by atoms with van der Waals surface area (Å²) in [4.78, 5) is 8.40. The molecule has 0 saturated heterocycles. The van der Waals surface area contributed by atoms with Gasteiger partial charge in [0.05, 0.1) is 6.04 Å². The van der Waals surface area contributed by atoms with Gasteiger partial charge in [0.15, 0.2) is 0 Å². The standard InChI is InChI=1S/C14H18N4/c1-10-7-13(8-11(2)17-10)14(18-15)9-12-3-5-16-6-4-12/h3-8,14,18H,9,15H2,1-2H3. The van der Waals surface area contributed by atoms with Gasteiger partial charge in [-0.2, -0.15) is 0 Å². The summed E-state index contributed by atoms with van der Waals surface area (Å²) >= 11 is 0. The van der Waals surface area contributed by atoms with E-state index in [1.165, 1.54) is 11.1 Å². The molecule has 0 amide bonds. The zero-order chi connectivity index (χ0) is 13.0. The maximum Gasteiger partial charge on any atom is 0.0501 e. The predicted octanol–water partition coefficient (Wildman–Crippen LogP) is 1.84. The van der Waals surface area contributed by atoms with E-state index in [1.54, 1.807) is 12.4 Å². The van der Waals surface area contributed by atoms with Crippen LogP contribution in [-0.4, -0.2) is 9.97 Å². The van der Waals surface area contributed by atoms with Crippen molar-refractivity contribution < 1.29 is 0 Å². The molecular formula is C14H18N4. The molecule has 0 aromatic carbocycles. The van der Waals surface area contributed by atoms with Crippen molar-refractivity contribution >= 4 is 0 Å². The van der Waals surface area contributed by atoms with E-state index in [-0.39, 0.29) is 6.04 Å². The third kappa shape index (κ3) is 3.12. The van der Waals surface area contributed by atoms with Crippen molar-refractivity contribution in [2.75, 3.05) is 0 Å². The van der Waals surface area contributed by atoms with Gasteiger partial charge < -0.3 is 0 Å². The molecule has 0 aliphatic rings. The van der Waals surface area contributed by atoms with Gasteiger partial charge in [-0.25, -0.2) is 0 Å². The highest BCUT2D eigenvalue weighted by atomic mass is 15.2. The SMILES string of the molecule is Cc1cc(C(Cc2ccncc2)NN)cc(C)n1. The van der Waals surface area contributed by atoms with E-state index in [9.17, 15) is 0 Å². The van der Waals surface area contributed by atoms with Crippen LogP contribution in [0.15, 0.2) is 36.7 Å². The van der Waals surface area contributed by atoms with Crippen LogP contribution in [0.25, 0.3) is 0 Å². The number of aryl methyl sites for hydroxylation is 2. The van der Waals surface area contributed by atoms with Gasteiger partial charge in [-0.15, -0.1) is 0 Å². The molecule has 2 aromatic rings. The molecule has 2 rings (SSSR count). The number of pyridine rings is 2. The molecule has 4 heteroatoms. The minimum atomic E-state index is 0.0906. The summed E-state index contributed by atoms with van der Waals surface area (Å²) in [6, 6.07) is 8.24. The summed E-state index contributed by atoms with van der Waals surface area (Å²) < 4.78 is 0. The van der Waals surface area contributed by atoms with Crippen molar-refractivity contribution in [3.8, 4) is 0 Å². The van der Waals surface area contributed by atoms with Crippen LogP contribution >= 0.6 is 0 Å². The summed E-state index contributed by atoms with van der Waals surface area (Å²) in [6.07, 6.45) is 4.43. The van der Waals surface area contributed by atoms with E-state index >= 15 is 0 Å². The molecule has 0 saturated carbocycles. The maximum absolute atomic E-state index is 5.67. The van der Waals surface area contributed by atoms with Crippen LogP contribution in [0.4, 0.5) is 0 Å². The molecule has 0 aliphatic carbocycles. The van der Waals surface area contributed by atoms with Crippen LogP contribution in [-0.2, 0) is 6.42 Å². The number of hydrogen-bond donors (Lipinski definition) is 2. The predicted molar refractivity (Wildman–Crippen MR) is 71.7 cm³/mol. The Kier molecular flexibility index (Phi) is 4.02. The maximum atomic E-state index is 5.67. The van der Waals surface area contributed by atoms with Gasteiger partial charge in [0, 0.05) is 23.8 Å². The van der Waals surface area contributed by atoms with Crippen LogP contribution in [0.3, 0.4) is 0 Å². The fraction of sp³-hybridized carbons (Fsp3) is 0.286. The largest absolute Gasteiger partial charge is 0.271 e. The lowest BCUT2D eigenvalue weighted by Gasteiger charge is -2.17. The Labute approximate surface area is 107 Å². The first-order chi connectivity index (χ1) is 8.69. The molecular weight excluding hydrogens is 224 g/mol. The van der Waals surface area contributed by atoms with Crippen molar-refractivity contribution in [2.24, 2.45) is 5.84 Å². The summed E-state index contributed by atoms with van der Waals surface area (Å²) in [5.74, 6) is 5.67. The van der Waals surface area contributed by atoms with Crippen molar-refractivity contribution in [3.05, 3.63) is 59.2 Å². The second-order valence-corrected chi connectivity index (χ2v) is 4.46. The Balaban J connectivity index is 2.23. The Hall–Kier alpha value is -1.78. The lowest BCUT2D eigenvalue weighted by Crippen LogP contribution is -2.29. The normalized spacial score (nSPS) is 12.4. The molecule has 0 aliphatic heterocycles. The molecule has 94 valence electrons. The van der Waals surface area contributed by atoms with E-state index in [2.05, 4.69) is 27.5 Å². The third-order valence-corrected chi connectivity index (χ3v) is 2.90. The second-order valence-electron chi connectivity index (χ2n) is 4.46. The number of aromatic nitrogens is 2. The topological polar surface area (TPSA) is 63.8 Å². The Morgan fingerprint density at radius 3 is 2.33 bits per heavy atom. The fourth-order valence-electron chi connectivity index (χ4n) is 2.10. The lowest BCUT2D eigenvalue weighted by atomic mass is 9.99. The molecule has 3 N–H and O–H groups in total. The Morgan fingerprint density at radius 1 is 1.17 bits per heavy atom. The smallest absolute Gasteiger partial charge is 0.0501 e. The van der Waals surface area contributed by atoms with E-state index in [4.69, 9.17) is 5.84 Å². The molecule has 1 unspecified atom stereocenters. The first-order valence-corrected chi connectivity index (χ1v) is 5.99. The highest BCUT2D eigenvalue weighted by Crippen LogP contribution is 2.18. The second kappa shape index (κ2) is 5.71. The number of nitrogens with two attached hydrogens (primary N) is 1. The molecule has 1 atom stereocenters. The highest BCUT2D eigenvalue weighted by Gasteiger charge is 2.11. The molecule has 0 radical (unpaired) electrons. The van der Waals surface area contributed by atoms with Crippen LogP contribution in [0, 0.1) is 13.8 Å². The number of nitrogens with one attached hydrogen (secondary N) is 1. The van der Waals surface area contributed by atoms with Crippen molar-refractivity contribution in [2.45, 2.75) is 26.3 Å². The van der Waals surface area contributed by atoms with E-state index < -0.39 is 0 Å². The Bertz CT molecular complexity index is 490. The molecule has 0 bridgehead atoms. The first kappa shape index (κ1) is 12.7. The van der Waals surface area contributed by atoms with Gasteiger partial charge in [0.1, 0.15) is 0 Å². The molecule has 2 aromatic heterocycles. The lowest BCUT2D eigenvalue weighted by molar-refractivity contribution is 0.550. The van der Waals surface area contributed by atoms with Gasteiger partial charge in [0.2, 0.25) is 0 Å². The molecule has 0 spiro atoms. The molecule has 0 fully saturated rings. The van der Waals surface area contributed by atoms with Crippen molar-refractivity contribution in [1.29, 1.82) is 0 Å². The van der Waals surface area contributed by atoms with Gasteiger partial charge in [-0.3, -0.25) is 21.2 Å². The van der Waals surface area contributed by atoms with Crippen LogP contribution in [0.1, 0.15) is 28.6 Å². The number of hydrogen-bond acceptors (Lipinski definition) is 4. The minimum absolute atomic E-state index is 0.0906. The van der Waals surface area contributed by atoms with E-state index in [1.807, 2.05) is 26.0 Å². The van der Waals surface area contributed by atoms with E-state index in [0.29, 0.717) is 0 Å². The number of nitrogens with zero attached hydrogens (tertiary/aromatic N) is 2. The summed E-state index contributed by atoms with van der Waals surface area (Å²) in [5.41, 5.74) is 7.28. The van der Waals surface area contributed by atoms with Crippen LogP contribution in [0.2, 0.25) is 0 Å². The van der Waals surface area contributed by atoms with Crippen LogP contribution in [0.5, 0.6) is 0 Å². The van der Waals surface area contributed by atoms with Gasteiger partial charge in [0.25, 0.3) is 0 Å².